The molecule has 1 aromatic carbocycles. The fourth-order valence-corrected chi connectivity index (χ4v) is 1.63. The number of halogens is 1. The summed E-state index contributed by atoms with van der Waals surface area (Å²) in [5.74, 6) is -0.840. The largest absolute Gasteiger partial charge is 0.366 e. The number of amides is 1. The van der Waals surface area contributed by atoms with Crippen LogP contribution in [0.5, 0.6) is 0 Å². The normalized spacial score (nSPS) is 10.6. The monoisotopic (exact) mass is 195 g/mol. The Morgan fingerprint density at radius 2 is 2.00 bits per heavy atom. The van der Waals surface area contributed by atoms with E-state index in [0.29, 0.717) is 5.56 Å². The topological polar surface area (TPSA) is 43.1 Å². The van der Waals surface area contributed by atoms with Gasteiger partial charge in [-0.3, -0.25) is 4.79 Å². The predicted molar refractivity (Wildman–Crippen MR) is 53.7 cm³/mol. The third-order valence-corrected chi connectivity index (χ3v) is 2.20. The fourth-order valence-electron chi connectivity index (χ4n) is 1.63. The number of carbonyl (C=O) groups excluding carboxylic acids is 1. The number of hydrogen-bond donors (Lipinski definition) is 1. The van der Waals surface area contributed by atoms with E-state index in [1.807, 2.05) is 13.8 Å². The molecule has 0 spiro atoms. The molecule has 1 rings (SSSR count). The molecule has 2 nitrogen and oxygen atoms in total. The molecule has 0 bridgehead atoms. The minimum atomic E-state index is -0.595. The zero-order chi connectivity index (χ0) is 10.9. The lowest BCUT2D eigenvalue weighted by molar-refractivity contribution is 0.0999. The lowest BCUT2D eigenvalue weighted by Gasteiger charge is -2.11. The molecule has 0 aliphatic rings. The van der Waals surface area contributed by atoms with Gasteiger partial charge < -0.3 is 5.73 Å². The molecule has 0 aliphatic heterocycles. The summed E-state index contributed by atoms with van der Waals surface area (Å²) in [7, 11) is 0. The molecule has 1 amide bonds. The first-order valence-electron chi connectivity index (χ1n) is 4.53. The quantitative estimate of drug-likeness (QED) is 0.773. The van der Waals surface area contributed by atoms with Gasteiger partial charge in [0.1, 0.15) is 5.82 Å². The molecule has 1 aromatic rings. The Bertz CT molecular complexity index is 349. The molecule has 14 heavy (non-hydrogen) atoms. The van der Waals surface area contributed by atoms with Crippen molar-refractivity contribution < 1.29 is 9.18 Å². The minimum Gasteiger partial charge on any atom is -0.366 e. The van der Waals surface area contributed by atoms with Crippen LogP contribution in [0.1, 0.15) is 41.3 Å². The highest BCUT2D eigenvalue weighted by Crippen LogP contribution is 2.23. The van der Waals surface area contributed by atoms with Crippen LogP contribution in [0.2, 0.25) is 0 Å². The highest BCUT2D eigenvalue weighted by molar-refractivity contribution is 5.93. The lowest BCUT2D eigenvalue weighted by atomic mass is 9.95. The number of carbonyl (C=O) groups is 1. The molecular weight excluding hydrogens is 181 g/mol. The number of benzene rings is 1. The van der Waals surface area contributed by atoms with Crippen LogP contribution < -0.4 is 5.73 Å². The van der Waals surface area contributed by atoms with Gasteiger partial charge in [-0.25, -0.2) is 4.39 Å². The van der Waals surface area contributed by atoms with E-state index in [-0.39, 0.29) is 17.3 Å². The molecule has 0 saturated carbocycles. The Hall–Kier alpha value is -1.38. The molecule has 0 aromatic heterocycles. The highest BCUT2D eigenvalue weighted by atomic mass is 19.1. The summed E-state index contributed by atoms with van der Waals surface area (Å²) in [6.07, 6.45) is 0. The van der Waals surface area contributed by atoms with Crippen LogP contribution >= 0.6 is 0 Å². The molecule has 0 unspecified atom stereocenters. The number of aryl methyl sites for hydroxylation is 1. The molecule has 0 aliphatic carbocycles. The van der Waals surface area contributed by atoms with Crippen molar-refractivity contribution in [1.29, 1.82) is 0 Å². The van der Waals surface area contributed by atoms with Crippen molar-refractivity contribution in [2.45, 2.75) is 26.7 Å². The molecule has 0 radical (unpaired) electrons. The second-order valence-corrected chi connectivity index (χ2v) is 3.71. The maximum atomic E-state index is 13.5. The lowest BCUT2D eigenvalue weighted by Crippen LogP contribution is -2.12. The number of hydrogen-bond acceptors (Lipinski definition) is 1. The first-order valence-corrected chi connectivity index (χ1v) is 4.53. The van der Waals surface area contributed by atoms with Crippen molar-refractivity contribution in [3.63, 3.8) is 0 Å². The first-order chi connectivity index (χ1) is 6.43. The average molecular weight is 195 g/mol. The van der Waals surface area contributed by atoms with E-state index in [1.54, 1.807) is 13.0 Å². The third-order valence-electron chi connectivity index (χ3n) is 2.20. The van der Waals surface area contributed by atoms with Gasteiger partial charge in [-0.2, -0.15) is 0 Å². The Morgan fingerprint density at radius 3 is 2.36 bits per heavy atom. The average Bonchev–Trinajstić information content (AvgIpc) is 2.01. The Balaban J connectivity index is 3.32. The molecule has 0 heterocycles. The number of rotatable bonds is 2. The summed E-state index contributed by atoms with van der Waals surface area (Å²) >= 11 is 0. The second kappa shape index (κ2) is 3.78. The van der Waals surface area contributed by atoms with Crippen LogP contribution in [0.3, 0.4) is 0 Å². The molecule has 0 fully saturated rings. The molecule has 2 N–H and O–H groups in total. The first kappa shape index (κ1) is 10.7. The highest BCUT2D eigenvalue weighted by Gasteiger charge is 2.13. The molecular formula is C11H14FNO. The summed E-state index contributed by atoms with van der Waals surface area (Å²) in [5.41, 5.74) is 6.72. The smallest absolute Gasteiger partial charge is 0.248 e. The zero-order valence-corrected chi connectivity index (χ0v) is 8.60. The van der Waals surface area contributed by atoms with Crippen molar-refractivity contribution >= 4 is 5.91 Å². The molecule has 3 heteroatoms. The SMILES string of the molecule is Cc1cc(C(N)=O)cc(F)c1C(C)C. The van der Waals surface area contributed by atoms with E-state index in [9.17, 15) is 9.18 Å². The van der Waals surface area contributed by atoms with Gasteiger partial charge in [0.05, 0.1) is 0 Å². The summed E-state index contributed by atoms with van der Waals surface area (Å²) in [4.78, 5) is 10.8. The van der Waals surface area contributed by atoms with Crippen LogP contribution in [-0.2, 0) is 0 Å². The van der Waals surface area contributed by atoms with E-state index in [0.717, 1.165) is 5.56 Å². The maximum Gasteiger partial charge on any atom is 0.248 e. The molecule has 0 atom stereocenters. The van der Waals surface area contributed by atoms with Gasteiger partial charge >= 0.3 is 0 Å². The minimum absolute atomic E-state index is 0.108. The Kier molecular flexibility index (Phi) is 2.89. The van der Waals surface area contributed by atoms with Crippen LogP contribution in [0, 0.1) is 12.7 Å². The van der Waals surface area contributed by atoms with E-state index in [4.69, 9.17) is 5.73 Å². The van der Waals surface area contributed by atoms with Crippen LogP contribution in [0.15, 0.2) is 12.1 Å². The van der Waals surface area contributed by atoms with Crippen LogP contribution in [0.25, 0.3) is 0 Å². The third kappa shape index (κ3) is 1.92. The van der Waals surface area contributed by atoms with Crippen LogP contribution in [0.4, 0.5) is 4.39 Å². The number of nitrogens with two attached hydrogens (primary N) is 1. The van der Waals surface area contributed by atoms with E-state index in [2.05, 4.69) is 0 Å². The number of primary amides is 1. The van der Waals surface area contributed by atoms with E-state index in [1.165, 1.54) is 6.07 Å². The second-order valence-electron chi connectivity index (χ2n) is 3.71. The van der Waals surface area contributed by atoms with E-state index < -0.39 is 5.91 Å². The fraction of sp³-hybridized carbons (Fsp3) is 0.364. The Labute approximate surface area is 82.9 Å². The van der Waals surface area contributed by atoms with Crippen molar-refractivity contribution in [2.75, 3.05) is 0 Å². The summed E-state index contributed by atoms with van der Waals surface area (Å²) in [5, 5.41) is 0. The zero-order valence-electron chi connectivity index (χ0n) is 8.60. The van der Waals surface area contributed by atoms with Crippen LogP contribution in [-0.4, -0.2) is 5.91 Å². The van der Waals surface area contributed by atoms with Gasteiger partial charge in [0.15, 0.2) is 0 Å². The van der Waals surface area contributed by atoms with Crippen molar-refractivity contribution in [3.05, 3.63) is 34.6 Å². The van der Waals surface area contributed by atoms with Crippen molar-refractivity contribution in [3.8, 4) is 0 Å². The standard InChI is InChI=1S/C11H14FNO/c1-6(2)10-7(3)4-8(11(13)14)5-9(10)12/h4-6H,1-3H3,(H2,13,14). The van der Waals surface area contributed by atoms with Gasteiger partial charge in [0.25, 0.3) is 0 Å². The Morgan fingerprint density at radius 1 is 1.43 bits per heavy atom. The van der Waals surface area contributed by atoms with Gasteiger partial charge in [-0.1, -0.05) is 13.8 Å². The molecule has 76 valence electrons. The van der Waals surface area contributed by atoms with Crippen molar-refractivity contribution in [1.82, 2.24) is 0 Å². The summed E-state index contributed by atoms with van der Waals surface area (Å²) < 4.78 is 13.5. The van der Waals surface area contributed by atoms with Gasteiger partial charge in [0, 0.05) is 5.56 Å². The summed E-state index contributed by atoms with van der Waals surface area (Å²) in [6.45, 7) is 5.61. The molecule has 0 saturated heterocycles. The van der Waals surface area contributed by atoms with Gasteiger partial charge in [0.2, 0.25) is 5.91 Å². The van der Waals surface area contributed by atoms with E-state index >= 15 is 0 Å². The van der Waals surface area contributed by atoms with Gasteiger partial charge in [-0.15, -0.1) is 0 Å². The maximum absolute atomic E-state index is 13.5. The van der Waals surface area contributed by atoms with Gasteiger partial charge in [-0.05, 0) is 36.1 Å². The predicted octanol–water partition coefficient (Wildman–Crippen LogP) is 2.36. The summed E-state index contributed by atoms with van der Waals surface area (Å²) in [6, 6.07) is 2.82. The van der Waals surface area contributed by atoms with Crippen molar-refractivity contribution in [2.24, 2.45) is 5.73 Å².